The van der Waals surface area contributed by atoms with Gasteiger partial charge >= 0.3 is 0 Å². The SMILES string of the molecule is CNC(c1ccco1)c1cc(C)ns1. The first-order valence-electron chi connectivity index (χ1n) is 4.45. The van der Waals surface area contributed by atoms with Crippen LogP contribution in [0.2, 0.25) is 0 Å². The van der Waals surface area contributed by atoms with E-state index in [9.17, 15) is 0 Å². The van der Waals surface area contributed by atoms with E-state index in [1.165, 1.54) is 16.4 Å². The molecule has 0 saturated carbocycles. The van der Waals surface area contributed by atoms with Gasteiger partial charge in [-0.1, -0.05) is 0 Å². The van der Waals surface area contributed by atoms with E-state index < -0.39 is 0 Å². The van der Waals surface area contributed by atoms with Crippen LogP contribution in [-0.4, -0.2) is 11.4 Å². The van der Waals surface area contributed by atoms with Crippen LogP contribution in [-0.2, 0) is 0 Å². The van der Waals surface area contributed by atoms with Crippen molar-refractivity contribution in [1.29, 1.82) is 0 Å². The van der Waals surface area contributed by atoms with Crippen LogP contribution in [0.5, 0.6) is 0 Å². The Balaban J connectivity index is 2.31. The molecule has 0 aliphatic carbocycles. The Hall–Kier alpha value is -1.13. The zero-order valence-corrected chi connectivity index (χ0v) is 8.97. The molecule has 2 aromatic heterocycles. The van der Waals surface area contributed by atoms with E-state index in [1.807, 2.05) is 26.1 Å². The third kappa shape index (κ3) is 1.71. The molecule has 0 amide bonds. The van der Waals surface area contributed by atoms with Gasteiger partial charge in [0.05, 0.1) is 16.8 Å². The van der Waals surface area contributed by atoms with Crippen molar-refractivity contribution in [3.8, 4) is 0 Å². The topological polar surface area (TPSA) is 38.1 Å². The minimum atomic E-state index is 0.121. The van der Waals surface area contributed by atoms with Gasteiger partial charge in [-0.25, -0.2) is 0 Å². The van der Waals surface area contributed by atoms with Gasteiger partial charge in [0.25, 0.3) is 0 Å². The fourth-order valence-electron chi connectivity index (χ4n) is 1.40. The average Bonchev–Trinajstić information content (AvgIpc) is 2.79. The first-order chi connectivity index (χ1) is 6.81. The highest BCUT2D eigenvalue weighted by molar-refractivity contribution is 7.05. The van der Waals surface area contributed by atoms with Gasteiger partial charge in [-0.05, 0) is 43.7 Å². The van der Waals surface area contributed by atoms with E-state index in [-0.39, 0.29) is 6.04 Å². The molecule has 2 heterocycles. The van der Waals surface area contributed by atoms with Crippen molar-refractivity contribution in [2.24, 2.45) is 0 Å². The summed E-state index contributed by atoms with van der Waals surface area (Å²) >= 11 is 1.51. The molecule has 74 valence electrons. The molecule has 0 fully saturated rings. The number of hydrogen-bond donors (Lipinski definition) is 1. The first kappa shape index (κ1) is 9.43. The maximum atomic E-state index is 5.37. The Morgan fingerprint density at radius 2 is 2.43 bits per heavy atom. The molecule has 0 aromatic carbocycles. The van der Waals surface area contributed by atoms with Crippen molar-refractivity contribution < 1.29 is 4.42 Å². The summed E-state index contributed by atoms with van der Waals surface area (Å²) in [4.78, 5) is 1.18. The van der Waals surface area contributed by atoms with Gasteiger partial charge in [0.1, 0.15) is 11.8 Å². The summed E-state index contributed by atoms with van der Waals surface area (Å²) in [7, 11) is 1.92. The van der Waals surface area contributed by atoms with Crippen molar-refractivity contribution in [3.05, 3.63) is 40.8 Å². The molecule has 2 rings (SSSR count). The van der Waals surface area contributed by atoms with Crippen LogP contribution in [0.25, 0.3) is 0 Å². The molecule has 0 spiro atoms. The molecule has 1 N–H and O–H groups in total. The number of nitrogens with one attached hydrogen (secondary N) is 1. The molecule has 3 nitrogen and oxygen atoms in total. The normalized spacial score (nSPS) is 13.0. The second-order valence-corrected chi connectivity index (χ2v) is 3.94. The smallest absolute Gasteiger partial charge is 0.126 e. The summed E-state index contributed by atoms with van der Waals surface area (Å²) in [5.41, 5.74) is 1.05. The standard InChI is InChI=1S/C10H12N2OS/c1-7-6-9(14-12-7)10(11-2)8-4-3-5-13-8/h3-6,10-11H,1-2H3. The van der Waals surface area contributed by atoms with Gasteiger partial charge in [-0.15, -0.1) is 0 Å². The van der Waals surface area contributed by atoms with E-state index in [4.69, 9.17) is 4.42 Å². The monoisotopic (exact) mass is 208 g/mol. The first-order valence-corrected chi connectivity index (χ1v) is 5.22. The second kappa shape index (κ2) is 3.94. The summed E-state index contributed by atoms with van der Waals surface area (Å²) in [6.07, 6.45) is 1.69. The van der Waals surface area contributed by atoms with Crippen LogP contribution >= 0.6 is 11.5 Å². The molecule has 1 atom stereocenters. The van der Waals surface area contributed by atoms with Crippen LogP contribution in [0.15, 0.2) is 28.9 Å². The maximum absolute atomic E-state index is 5.37. The van der Waals surface area contributed by atoms with E-state index in [0.29, 0.717) is 0 Å². The van der Waals surface area contributed by atoms with Gasteiger partial charge in [0, 0.05) is 0 Å². The van der Waals surface area contributed by atoms with E-state index >= 15 is 0 Å². The molecule has 0 radical (unpaired) electrons. The Morgan fingerprint density at radius 3 is 2.93 bits per heavy atom. The predicted octanol–water partition coefficient (Wildman–Crippen LogP) is 2.35. The van der Waals surface area contributed by atoms with Crippen LogP contribution in [0, 0.1) is 6.92 Å². The van der Waals surface area contributed by atoms with Crippen LogP contribution in [0.1, 0.15) is 22.4 Å². The number of hydrogen-bond acceptors (Lipinski definition) is 4. The van der Waals surface area contributed by atoms with E-state index in [2.05, 4.69) is 15.8 Å². The lowest BCUT2D eigenvalue weighted by Gasteiger charge is -2.09. The lowest BCUT2D eigenvalue weighted by molar-refractivity contribution is 0.466. The Kier molecular flexibility index (Phi) is 2.65. The predicted molar refractivity (Wildman–Crippen MR) is 56.5 cm³/mol. The quantitative estimate of drug-likeness (QED) is 0.841. The number of rotatable bonds is 3. The van der Waals surface area contributed by atoms with Crippen molar-refractivity contribution in [2.75, 3.05) is 7.05 Å². The minimum absolute atomic E-state index is 0.121. The number of nitrogens with zero attached hydrogens (tertiary/aromatic N) is 1. The van der Waals surface area contributed by atoms with Crippen molar-refractivity contribution >= 4 is 11.5 Å². The minimum Gasteiger partial charge on any atom is -0.467 e. The zero-order valence-electron chi connectivity index (χ0n) is 8.15. The molecular formula is C10H12N2OS. The Bertz CT molecular complexity index is 394. The number of aromatic nitrogens is 1. The summed E-state index contributed by atoms with van der Waals surface area (Å²) in [5.74, 6) is 0.927. The summed E-state index contributed by atoms with van der Waals surface area (Å²) in [6, 6.07) is 6.06. The fraction of sp³-hybridized carbons (Fsp3) is 0.300. The summed E-state index contributed by atoms with van der Waals surface area (Å²) in [6.45, 7) is 1.99. The highest BCUT2D eigenvalue weighted by Crippen LogP contribution is 2.25. The van der Waals surface area contributed by atoms with Crippen LogP contribution in [0.4, 0.5) is 0 Å². The molecule has 0 saturated heterocycles. The Labute approximate surface area is 86.9 Å². The van der Waals surface area contributed by atoms with Crippen LogP contribution in [0.3, 0.4) is 0 Å². The van der Waals surface area contributed by atoms with E-state index in [1.54, 1.807) is 6.26 Å². The van der Waals surface area contributed by atoms with Gasteiger partial charge in [-0.3, -0.25) is 0 Å². The molecule has 0 bridgehead atoms. The summed E-state index contributed by atoms with van der Waals surface area (Å²) < 4.78 is 9.62. The highest BCUT2D eigenvalue weighted by atomic mass is 32.1. The van der Waals surface area contributed by atoms with Gasteiger partial charge in [0.2, 0.25) is 0 Å². The molecule has 0 aliphatic rings. The van der Waals surface area contributed by atoms with Crippen molar-refractivity contribution in [1.82, 2.24) is 9.69 Å². The second-order valence-electron chi connectivity index (χ2n) is 3.11. The van der Waals surface area contributed by atoms with Crippen molar-refractivity contribution in [2.45, 2.75) is 13.0 Å². The molecule has 2 aromatic rings. The molecule has 14 heavy (non-hydrogen) atoms. The zero-order chi connectivity index (χ0) is 9.97. The van der Waals surface area contributed by atoms with Gasteiger partial charge in [0.15, 0.2) is 0 Å². The molecule has 1 unspecified atom stereocenters. The molecular weight excluding hydrogens is 196 g/mol. The number of aryl methyl sites for hydroxylation is 1. The molecule has 0 aliphatic heterocycles. The van der Waals surface area contributed by atoms with E-state index in [0.717, 1.165) is 11.5 Å². The average molecular weight is 208 g/mol. The van der Waals surface area contributed by atoms with Gasteiger partial charge < -0.3 is 9.73 Å². The third-order valence-corrected chi connectivity index (χ3v) is 2.99. The lowest BCUT2D eigenvalue weighted by Crippen LogP contribution is -2.15. The lowest BCUT2D eigenvalue weighted by atomic mass is 10.2. The fourth-order valence-corrected chi connectivity index (χ4v) is 2.26. The summed E-state index contributed by atoms with van der Waals surface area (Å²) in [5, 5.41) is 3.21. The number of furan rings is 1. The highest BCUT2D eigenvalue weighted by Gasteiger charge is 2.16. The molecule has 4 heteroatoms. The van der Waals surface area contributed by atoms with Crippen LogP contribution < -0.4 is 5.32 Å². The third-order valence-electron chi connectivity index (χ3n) is 2.05. The van der Waals surface area contributed by atoms with Gasteiger partial charge in [-0.2, -0.15) is 4.37 Å². The van der Waals surface area contributed by atoms with Crippen molar-refractivity contribution in [3.63, 3.8) is 0 Å². The Morgan fingerprint density at radius 1 is 1.57 bits per heavy atom. The maximum Gasteiger partial charge on any atom is 0.126 e. The largest absolute Gasteiger partial charge is 0.467 e.